The first-order valence-corrected chi connectivity index (χ1v) is 9.41. The van der Waals surface area contributed by atoms with Crippen LogP contribution in [0.4, 0.5) is 5.69 Å². The minimum Gasteiger partial charge on any atom is -0.436 e. The molecule has 0 atom stereocenters. The average molecular weight is 417 g/mol. The molecular formula is C23H17BrN2O. The molecule has 1 aromatic heterocycles. The first-order valence-electron chi connectivity index (χ1n) is 8.61. The molecule has 4 rings (SSSR count). The van der Waals surface area contributed by atoms with Crippen LogP contribution in [0.2, 0.25) is 0 Å². The predicted octanol–water partition coefficient (Wildman–Crippen LogP) is 6.98. The van der Waals surface area contributed by atoms with E-state index < -0.39 is 0 Å². The maximum absolute atomic E-state index is 5.84. The summed E-state index contributed by atoms with van der Waals surface area (Å²) < 4.78 is 6.91. The summed E-state index contributed by atoms with van der Waals surface area (Å²) >= 11 is 3.43. The molecule has 0 saturated heterocycles. The normalized spacial score (nSPS) is 11.8. The van der Waals surface area contributed by atoms with Gasteiger partial charge in [-0.3, -0.25) is 4.99 Å². The van der Waals surface area contributed by atoms with Crippen molar-refractivity contribution in [3.63, 3.8) is 0 Å². The molecule has 132 valence electrons. The van der Waals surface area contributed by atoms with Crippen LogP contribution in [0.3, 0.4) is 0 Å². The topological polar surface area (TPSA) is 38.4 Å². The van der Waals surface area contributed by atoms with Crippen LogP contribution in [0.1, 0.15) is 11.1 Å². The predicted molar refractivity (Wildman–Crippen MR) is 116 cm³/mol. The third-order valence-corrected chi connectivity index (χ3v) is 4.65. The number of benzene rings is 3. The molecule has 0 radical (unpaired) electrons. The minimum atomic E-state index is 0.626. The lowest BCUT2D eigenvalue weighted by Gasteiger charge is -1.96. The molecule has 0 saturated carbocycles. The molecule has 0 aliphatic rings. The zero-order valence-electron chi connectivity index (χ0n) is 14.8. The van der Waals surface area contributed by atoms with Gasteiger partial charge in [0.25, 0.3) is 0 Å². The lowest BCUT2D eigenvalue weighted by atomic mass is 10.2. The third-order valence-electron chi connectivity index (χ3n) is 4.13. The van der Waals surface area contributed by atoms with Gasteiger partial charge in [0.05, 0.1) is 5.69 Å². The summed E-state index contributed by atoms with van der Waals surface area (Å²) in [5.41, 5.74) is 5.80. The molecule has 3 aromatic carbocycles. The van der Waals surface area contributed by atoms with Gasteiger partial charge in [-0.25, -0.2) is 4.98 Å². The first kappa shape index (κ1) is 17.4. The Hall–Kier alpha value is -2.98. The van der Waals surface area contributed by atoms with E-state index in [-0.39, 0.29) is 0 Å². The summed E-state index contributed by atoms with van der Waals surface area (Å²) in [6.45, 7) is 2.05. The van der Waals surface area contributed by atoms with Crippen molar-refractivity contribution >= 4 is 45.0 Å². The van der Waals surface area contributed by atoms with Crippen molar-refractivity contribution in [1.29, 1.82) is 0 Å². The van der Waals surface area contributed by atoms with Crippen LogP contribution in [0, 0.1) is 6.92 Å². The summed E-state index contributed by atoms with van der Waals surface area (Å²) in [5, 5.41) is 0. The smallest absolute Gasteiger partial charge is 0.227 e. The maximum Gasteiger partial charge on any atom is 0.227 e. The van der Waals surface area contributed by atoms with Gasteiger partial charge < -0.3 is 4.42 Å². The molecule has 0 spiro atoms. The van der Waals surface area contributed by atoms with Gasteiger partial charge in [-0.1, -0.05) is 40.2 Å². The van der Waals surface area contributed by atoms with E-state index in [1.165, 1.54) is 5.56 Å². The highest BCUT2D eigenvalue weighted by atomic mass is 79.9. The molecule has 4 aromatic rings. The highest BCUT2D eigenvalue weighted by Gasteiger charge is 2.07. The molecule has 4 heteroatoms. The Kier molecular flexibility index (Phi) is 4.99. The Morgan fingerprint density at radius 2 is 1.74 bits per heavy atom. The fourth-order valence-electron chi connectivity index (χ4n) is 2.71. The number of fused-ring (bicyclic) bond motifs is 1. The van der Waals surface area contributed by atoms with E-state index in [1.54, 1.807) is 6.21 Å². The maximum atomic E-state index is 5.84. The van der Waals surface area contributed by atoms with Crippen LogP contribution in [0.25, 0.3) is 28.6 Å². The Labute approximate surface area is 166 Å². The molecule has 3 nitrogen and oxygen atoms in total. The van der Waals surface area contributed by atoms with E-state index >= 15 is 0 Å². The molecule has 0 amide bonds. The van der Waals surface area contributed by atoms with Gasteiger partial charge in [0.1, 0.15) is 5.52 Å². The standard InChI is InChI=1S/C23H17BrN2O/c1-16-4-13-22-21(15-16)26-23(27-22)18-7-11-20(12-8-18)25-14-2-3-17-5-9-19(24)10-6-17/h2-15H,1H3/b3-2+,25-14?. The van der Waals surface area contributed by atoms with Gasteiger partial charge in [-0.2, -0.15) is 0 Å². The van der Waals surface area contributed by atoms with Crippen molar-refractivity contribution in [3.05, 3.63) is 88.4 Å². The van der Waals surface area contributed by atoms with E-state index in [9.17, 15) is 0 Å². The highest BCUT2D eigenvalue weighted by Crippen LogP contribution is 2.26. The summed E-state index contributed by atoms with van der Waals surface area (Å²) in [7, 11) is 0. The Morgan fingerprint density at radius 3 is 2.52 bits per heavy atom. The van der Waals surface area contributed by atoms with Gasteiger partial charge in [-0.05, 0) is 72.7 Å². The van der Waals surface area contributed by atoms with Crippen LogP contribution in [-0.4, -0.2) is 11.2 Å². The Morgan fingerprint density at radius 1 is 0.963 bits per heavy atom. The van der Waals surface area contributed by atoms with Crippen LogP contribution < -0.4 is 0 Å². The van der Waals surface area contributed by atoms with Gasteiger partial charge in [0, 0.05) is 16.3 Å². The zero-order valence-corrected chi connectivity index (χ0v) is 16.3. The summed E-state index contributed by atoms with van der Waals surface area (Å²) in [4.78, 5) is 9.02. The van der Waals surface area contributed by atoms with Crippen molar-refractivity contribution in [3.8, 4) is 11.5 Å². The number of hydrogen-bond donors (Lipinski definition) is 0. The van der Waals surface area contributed by atoms with Crippen LogP contribution >= 0.6 is 15.9 Å². The van der Waals surface area contributed by atoms with Crippen molar-refractivity contribution in [2.45, 2.75) is 6.92 Å². The summed E-state index contributed by atoms with van der Waals surface area (Å²) in [6, 6.07) is 22.0. The molecule has 0 N–H and O–H groups in total. The fourth-order valence-corrected chi connectivity index (χ4v) is 2.97. The van der Waals surface area contributed by atoms with E-state index in [0.717, 1.165) is 32.4 Å². The molecular weight excluding hydrogens is 400 g/mol. The van der Waals surface area contributed by atoms with E-state index in [1.807, 2.05) is 85.8 Å². The largest absolute Gasteiger partial charge is 0.436 e. The van der Waals surface area contributed by atoms with E-state index in [0.29, 0.717) is 5.89 Å². The number of aryl methyl sites for hydroxylation is 1. The van der Waals surface area contributed by atoms with E-state index in [2.05, 4.69) is 25.9 Å². The fraction of sp³-hybridized carbons (Fsp3) is 0.0435. The van der Waals surface area contributed by atoms with Gasteiger partial charge >= 0.3 is 0 Å². The Balaban J connectivity index is 1.47. The van der Waals surface area contributed by atoms with Gasteiger partial charge in [0.2, 0.25) is 5.89 Å². The second-order valence-corrected chi connectivity index (χ2v) is 7.14. The lowest BCUT2D eigenvalue weighted by Crippen LogP contribution is -1.77. The molecule has 0 aliphatic heterocycles. The molecule has 27 heavy (non-hydrogen) atoms. The van der Waals surface area contributed by atoms with Crippen molar-refractivity contribution in [2.24, 2.45) is 4.99 Å². The van der Waals surface area contributed by atoms with Gasteiger partial charge in [-0.15, -0.1) is 0 Å². The zero-order chi connectivity index (χ0) is 18.6. The van der Waals surface area contributed by atoms with E-state index in [4.69, 9.17) is 4.42 Å². The highest BCUT2D eigenvalue weighted by molar-refractivity contribution is 9.10. The second-order valence-electron chi connectivity index (χ2n) is 6.23. The monoisotopic (exact) mass is 416 g/mol. The summed E-state index contributed by atoms with van der Waals surface area (Å²) in [5.74, 6) is 0.626. The molecule has 0 fully saturated rings. The number of aromatic nitrogens is 1. The SMILES string of the molecule is Cc1ccc2oc(-c3ccc(N=C/C=C/c4ccc(Br)cc4)cc3)nc2c1. The molecule has 0 unspecified atom stereocenters. The Bertz CT molecular complexity index is 1120. The van der Waals surface area contributed by atoms with Gasteiger partial charge in [0.15, 0.2) is 5.58 Å². The van der Waals surface area contributed by atoms with Crippen LogP contribution in [-0.2, 0) is 0 Å². The van der Waals surface area contributed by atoms with Crippen molar-refractivity contribution in [2.75, 3.05) is 0 Å². The lowest BCUT2D eigenvalue weighted by molar-refractivity contribution is 0.620. The number of nitrogens with zero attached hydrogens (tertiary/aromatic N) is 2. The van der Waals surface area contributed by atoms with Crippen LogP contribution in [0.15, 0.2) is 86.7 Å². The number of hydrogen-bond acceptors (Lipinski definition) is 3. The molecule has 0 bridgehead atoms. The minimum absolute atomic E-state index is 0.626. The third kappa shape index (κ3) is 4.23. The van der Waals surface area contributed by atoms with Crippen molar-refractivity contribution < 1.29 is 4.42 Å². The number of rotatable bonds is 4. The average Bonchev–Trinajstić information content (AvgIpc) is 3.10. The number of oxazole rings is 1. The molecule has 1 heterocycles. The number of aliphatic imine (C=N–C) groups is 1. The number of halogens is 1. The molecule has 0 aliphatic carbocycles. The van der Waals surface area contributed by atoms with Crippen LogP contribution in [0.5, 0.6) is 0 Å². The first-order chi connectivity index (χ1) is 13.2. The summed E-state index contributed by atoms with van der Waals surface area (Å²) in [6.07, 6.45) is 5.74. The van der Waals surface area contributed by atoms with Crippen molar-refractivity contribution in [1.82, 2.24) is 4.98 Å². The second kappa shape index (κ2) is 7.72. The quantitative estimate of drug-likeness (QED) is 0.336. The number of allylic oxidation sites excluding steroid dienone is 1.